The van der Waals surface area contributed by atoms with E-state index in [-0.39, 0.29) is 18.1 Å². The summed E-state index contributed by atoms with van der Waals surface area (Å²) in [7, 11) is 0. The molecule has 0 radical (unpaired) electrons. The van der Waals surface area contributed by atoms with Crippen LogP contribution in [0.4, 0.5) is 0 Å². The number of hydrogen-bond acceptors (Lipinski definition) is 2. The fraction of sp³-hybridized carbons (Fsp3) is 0.588. The normalized spacial score (nSPS) is 23.1. The molecule has 1 aliphatic heterocycles. The second-order valence-corrected chi connectivity index (χ2v) is 6.23. The van der Waals surface area contributed by atoms with Gasteiger partial charge in [0.2, 0.25) is 5.91 Å². The third-order valence-electron chi connectivity index (χ3n) is 3.79. The lowest BCUT2D eigenvalue weighted by Crippen LogP contribution is -2.48. The first-order valence-corrected chi connectivity index (χ1v) is 7.45. The molecule has 2 unspecified atom stereocenters. The van der Waals surface area contributed by atoms with E-state index in [1.807, 2.05) is 4.90 Å². The van der Waals surface area contributed by atoms with Crippen LogP contribution in [0.2, 0.25) is 0 Å². The Bertz CT molecular complexity index is 453. The molecule has 0 spiro atoms. The number of amides is 1. The molecule has 0 aliphatic carbocycles. The second kappa shape index (κ2) is 6.40. The third kappa shape index (κ3) is 3.60. The molecule has 0 N–H and O–H groups in total. The van der Waals surface area contributed by atoms with Crippen molar-refractivity contribution in [3.05, 3.63) is 35.4 Å². The number of morpholine rings is 1. The highest BCUT2D eigenvalue weighted by Gasteiger charge is 2.30. The van der Waals surface area contributed by atoms with E-state index in [1.165, 1.54) is 5.56 Å². The molecule has 0 bridgehead atoms. The highest BCUT2D eigenvalue weighted by atomic mass is 16.5. The van der Waals surface area contributed by atoms with Crippen LogP contribution in [-0.4, -0.2) is 30.0 Å². The van der Waals surface area contributed by atoms with Crippen LogP contribution < -0.4 is 0 Å². The zero-order chi connectivity index (χ0) is 14.7. The van der Waals surface area contributed by atoms with E-state index < -0.39 is 0 Å². The molecule has 1 fully saturated rings. The van der Waals surface area contributed by atoms with Gasteiger partial charge in [0.05, 0.1) is 19.2 Å². The van der Waals surface area contributed by atoms with Crippen LogP contribution in [0.3, 0.4) is 0 Å². The minimum absolute atomic E-state index is 0.00270. The van der Waals surface area contributed by atoms with Crippen molar-refractivity contribution in [3.63, 3.8) is 0 Å². The SMILES string of the molecule is Cc1ccc(C2CN(C(=O)CC(C)C)C(C)CO2)cc1. The monoisotopic (exact) mass is 275 g/mol. The van der Waals surface area contributed by atoms with Gasteiger partial charge in [-0.2, -0.15) is 0 Å². The van der Waals surface area contributed by atoms with Crippen LogP contribution >= 0.6 is 0 Å². The standard InChI is InChI=1S/C17H25NO2/c1-12(2)9-17(19)18-10-16(20-11-14(18)4)15-7-5-13(3)6-8-15/h5-8,12,14,16H,9-11H2,1-4H3. The van der Waals surface area contributed by atoms with Gasteiger partial charge in [0.15, 0.2) is 0 Å². The van der Waals surface area contributed by atoms with Crippen LogP contribution in [0.5, 0.6) is 0 Å². The number of nitrogens with zero attached hydrogens (tertiary/aromatic N) is 1. The molecular formula is C17H25NO2. The van der Waals surface area contributed by atoms with Crippen molar-refractivity contribution in [1.82, 2.24) is 4.90 Å². The number of carbonyl (C=O) groups is 1. The number of aryl methyl sites for hydroxylation is 1. The van der Waals surface area contributed by atoms with Crippen LogP contribution in [0.15, 0.2) is 24.3 Å². The maximum Gasteiger partial charge on any atom is 0.223 e. The van der Waals surface area contributed by atoms with Crippen molar-refractivity contribution in [2.75, 3.05) is 13.2 Å². The molecule has 3 heteroatoms. The number of rotatable bonds is 3. The van der Waals surface area contributed by atoms with Gasteiger partial charge in [-0.15, -0.1) is 0 Å². The van der Waals surface area contributed by atoms with Crippen molar-refractivity contribution in [2.45, 2.75) is 46.3 Å². The molecular weight excluding hydrogens is 250 g/mol. The topological polar surface area (TPSA) is 29.5 Å². The maximum atomic E-state index is 12.3. The number of hydrogen-bond donors (Lipinski definition) is 0. The Morgan fingerprint density at radius 2 is 2.00 bits per heavy atom. The number of ether oxygens (including phenoxy) is 1. The van der Waals surface area contributed by atoms with E-state index in [0.717, 1.165) is 5.56 Å². The zero-order valence-corrected chi connectivity index (χ0v) is 12.9. The maximum absolute atomic E-state index is 12.3. The van der Waals surface area contributed by atoms with Crippen LogP contribution in [-0.2, 0) is 9.53 Å². The van der Waals surface area contributed by atoms with Gasteiger partial charge in [0, 0.05) is 6.42 Å². The van der Waals surface area contributed by atoms with E-state index in [1.54, 1.807) is 0 Å². The summed E-state index contributed by atoms with van der Waals surface area (Å²) in [5.41, 5.74) is 2.40. The van der Waals surface area contributed by atoms with Gasteiger partial charge in [-0.3, -0.25) is 4.79 Å². The quantitative estimate of drug-likeness (QED) is 0.847. The van der Waals surface area contributed by atoms with Crippen molar-refractivity contribution in [2.24, 2.45) is 5.92 Å². The van der Waals surface area contributed by atoms with Gasteiger partial charge >= 0.3 is 0 Å². The molecule has 0 aromatic heterocycles. The van der Waals surface area contributed by atoms with E-state index in [0.29, 0.717) is 25.5 Å². The largest absolute Gasteiger partial charge is 0.370 e. The third-order valence-corrected chi connectivity index (χ3v) is 3.79. The molecule has 1 aromatic rings. The minimum Gasteiger partial charge on any atom is -0.370 e. The van der Waals surface area contributed by atoms with Crippen molar-refractivity contribution in [1.29, 1.82) is 0 Å². The molecule has 0 saturated carbocycles. The lowest BCUT2D eigenvalue weighted by atomic mass is 10.0. The van der Waals surface area contributed by atoms with E-state index in [4.69, 9.17) is 4.74 Å². The summed E-state index contributed by atoms with van der Waals surface area (Å²) in [5.74, 6) is 0.642. The molecule has 2 rings (SSSR count). The smallest absolute Gasteiger partial charge is 0.223 e. The second-order valence-electron chi connectivity index (χ2n) is 6.23. The van der Waals surface area contributed by atoms with Crippen molar-refractivity contribution in [3.8, 4) is 0 Å². The summed E-state index contributed by atoms with van der Waals surface area (Å²) in [5, 5.41) is 0. The molecule has 20 heavy (non-hydrogen) atoms. The fourth-order valence-electron chi connectivity index (χ4n) is 2.55. The highest BCUT2D eigenvalue weighted by molar-refractivity contribution is 5.76. The van der Waals surface area contributed by atoms with Gasteiger partial charge in [0.1, 0.15) is 6.10 Å². The van der Waals surface area contributed by atoms with Gasteiger partial charge in [0.25, 0.3) is 0 Å². The van der Waals surface area contributed by atoms with Crippen LogP contribution in [0.1, 0.15) is 44.4 Å². The summed E-state index contributed by atoms with van der Waals surface area (Å²) in [6, 6.07) is 8.55. The average molecular weight is 275 g/mol. The first-order chi connectivity index (χ1) is 9.47. The Kier molecular flexibility index (Phi) is 4.81. The van der Waals surface area contributed by atoms with E-state index in [2.05, 4.69) is 52.0 Å². The van der Waals surface area contributed by atoms with Crippen LogP contribution in [0.25, 0.3) is 0 Å². The van der Waals surface area contributed by atoms with Gasteiger partial charge < -0.3 is 9.64 Å². The number of carbonyl (C=O) groups excluding carboxylic acids is 1. The Labute approximate surface area is 121 Å². The summed E-state index contributed by atoms with van der Waals surface area (Å²) in [4.78, 5) is 14.3. The Morgan fingerprint density at radius 1 is 1.35 bits per heavy atom. The highest BCUT2D eigenvalue weighted by Crippen LogP contribution is 2.26. The zero-order valence-electron chi connectivity index (χ0n) is 12.9. The molecule has 1 amide bonds. The minimum atomic E-state index is 0.00270. The average Bonchev–Trinajstić information content (AvgIpc) is 2.39. The number of benzene rings is 1. The van der Waals surface area contributed by atoms with Crippen molar-refractivity contribution < 1.29 is 9.53 Å². The molecule has 1 aromatic carbocycles. The molecule has 1 aliphatic rings. The van der Waals surface area contributed by atoms with Crippen molar-refractivity contribution >= 4 is 5.91 Å². The molecule has 1 heterocycles. The first-order valence-electron chi connectivity index (χ1n) is 7.45. The predicted octanol–water partition coefficient (Wildman–Crippen LogP) is 3.33. The van der Waals surface area contributed by atoms with E-state index >= 15 is 0 Å². The Morgan fingerprint density at radius 3 is 2.60 bits per heavy atom. The molecule has 1 saturated heterocycles. The van der Waals surface area contributed by atoms with Crippen LogP contribution in [0, 0.1) is 12.8 Å². The first kappa shape index (κ1) is 15.0. The summed E-state index contributed by atoms with van der Waals surface area (Å²) in [6.07, 6.45) is 0.619. The van der Waals surface area contributed by atoms with Gasteiger partial charge in [-0.05, 0) is 25.3 Å². The Hall–Kier alpha value is -1.35. The fourth-order valence-corrected chi connectivity index (χ4v) is 2.55. The molecule has 2 atom stereocenters. The lowest BCUT2D eigenvalue weighted by molar-refractivity contribution is -0.145. The summed E-state index contributed by atoms with van der Waals surface area (Å²) < 4.78 is 5.91. The van der Waals surface area contributed by atoms with E-state index in [9.17, 15) is 4.79 Å². The lowest BCUT2D eigenvalue weighted by Gasteiger charge is -2.38. The Balaban J connectivity index is 2.07. The molecule has 110 valence electrons. The molecule has 3 nitrogen and oxygen atoms in total. The van der Waals surface area contributed by atoms with Gasteiger partial charge in [-0.25, -0.2) is 0 Å². The predicted molar refractivity (Wildman–Crippen MR) is 80.5 cm³/mol. The summed E-state index contributed by atoms with van der Waals surface area (Å²) in [6.45, 7) is 9.58. The van der Waals surface area contributed by atoms with Gasteiger partial charge in [-0.1, -0.05) is 43.7 Å². The summed E-state index contributed by atoms with van der Waals surface area (Å²) >= 11 is 0.